The molecule has 17 heavy (non-hydrogen) atoms. The van der Waals surface area contributed by atoms with Crippen LogP contribution in [0.4, 0.5) is 0 Å². The third kappa shape index (κ3) is 5.92. The molecule has 0 bridgehead atoms. The number of ether oxygens (including phenoxy) is 2. The summed E-state index contributed by atoms with van der Waals surface area (Å²) in [5.74, 6) is 0. The van der Waals surface area contributed by atoms with Gasteiger partial charge in [-0.05, 0) is 33.0 Å². The van der Waals surface area contributed by atoms with E-state index < -0.39 is 18.1 Å². The zero-order valence-electron chi connectivity index (χ0n) is 12.3. The predicted molar refractivity (Wildman–Crippen MR) is 83.5 cm³/mol. The molecule has 0 N–H and O–H groups in total. The van der Waals surface area contributed by atoms with Crippen molar-refractivity contribution in [3.63, 3.8) is 0 Å². The molecule has 0 amide bonds. The molecule has 8 heteroatoms. The molecule has 104 valence electrons. The fourth-order valence-electron chi connectivity index (χ4n) is 1.36. The van der Waals surface area contributed by atoms with Crippen LogP contribution in [0.3, 0.4) is 0 Å². The summed E-state index contributed by atoms with van der Waals surface area (Å²) in [4.78, 5) is 0. The molecule has 0 aromatic rings. The molecule has 1 aliphatic heterocycles. The Labute approximate surface area is 115 Å². The van der Waals surface area contributed by atoms with E-state index in [2.05, 4.69) is 33.5 Å². The number of hydrogen-bond acceptors (Lipinski definition) is 4. The molecule has 1 saturated heterocycles. The molecule has 1 heterocycles. The van der Waals surface area contributed by atoms with Gasteiger partial charge < -0.3 is 17.7 Å². The zero-order chi connectivity index (χ0) is 13.5. The minimum atomic E-state index is -1.25. The first-order chi connectivity index (χ1) is 7.94. The molecule has 0 radical (unpaired) electrons. The van der Waals surface area contributed by atoms with Gasteiger partial charge in [-0.25, -0.2) is 0 Å². The minimum absolute atomic E-state index is 0.250. The Hall–Kier alpha value is 0.708. The maximum atomic E-state index is 5.69. The lowest BCUT2D eigenvalue weighted by Crippen LogP contribution is -2.38. The molecule has 0 aliphatic carbocycles. The molecule has 0 saturated carbocycles. The Morgan fingerprint density at radius 3 is 1.94 bits per heavy atom. The van der Waals surface area contributed by atoms with Crippen LogP contribution in [0.2, 0.25) is 19.6 Å². The maximum absolute atomic E-state index is 5.69. The summed E-state index contributed by atoms with van der Waals surface area (Å²) in [5.41, 5.74) is -0.280. The molecule has 1 aliphatic rings. The van der Waals surface area contributed by atoms with Crippen LogP contribution in [-0.2, 0) is 17.7 Å². The molecule has 4 nitrogen and oxygen atoms in total. The number of hydrogen-bond donors (Lipinski definition) is 0. The standard InChI is InChI=1S/C7H18O3Si2.C2H10OSi2/c1-4-5-8-7(6(2)9-7)12(3)10-11;1-5(2)3-4/h6,12H,4-5H2,1-3,11H3;5H,1-2,4H3. The summed E-state index contributed by atoms with van der Waals surface area (Å²) in [6.45, 7) is 11.4. The Morgan fingerprint density at radius 1 is 1.24 bits per heavy atom. The van der Waals surface area contributed by atoms with Crippen LogP contribution in [0.15, 0.2) is 0 Å². The summed E-state index contributed by atoms with van der Waals surface area (Å²) in [6.07, 6.45) is 1.29. The fourth-order valence-corrected chi connectivity index (χ4v) is 4.09. The maximum Gasteiger partial charge on any atom is 0.231 e. The van der Waals surface area contributed by atoms with E-state index >= 15 is 0 Å². The van der Waals surface area contributed by atoms with Crippen molar-refractivity contribution in [2.75, 3.05) is 6.61 Å². The molecular weight excluding hydrogens is 284 g/mol. The van der Waals surface area contributed by atoms with Gasteiger partial charge in [-0.3, -0.25) is 0 Å². The lowest BCUT2D eigenvalue weighted by atomic mass is 10.5. The topological polar surface area (TPSA) is 40.2 Å². The Bertz CT molecular complexity index is 207. The normalized spacial score (nSPS) is 28.9. The van der Waals surface area contributed by atoms with Crippen molar-refractivity contribution in [2.45, 2.75) is 51.4 Å². The van der Waals surface area contributed by atoms with Crippen LogP contribution in [0.1, 0.15) is 20.3 Å². The van der Waals surface area contributed by atoms with E-state index in [-0.39, 0.29) is 11.5 Å². The SMILES string of the molecule is CCCOC1([SiH](C)O[SiH3])OC1C.C[SiH](C)O[SiH3]. The molecular formula is C9H28O4Si4. The van der Waals surface area contributed by atoms with Gasteiger partial charge >= 0.3 is 0 Å². The third-order valence-electron chi connectivity index (χ3n) is 2.79. The van der Waals surface area contributed by atoms with Crippen LogP contribution in [0.5, 0.6) is 0 Å². The van der Waals surface area contributed by atoms with Crippen LogP contribution in [0.25, 0.3) is 0 Å². The Balaban J connectivity index is 0.000000437. The summed E-state index contributed by atoms with van der Waals surface area (Å²) < 4.78 is 21.7. The first-order valence-corrected chi connectivity index (χ1v) is 12.9. The second kappa shape index (κ2) is 8.75. The van der Waals surface area contributed by atoms with E-state index in [0.717, 1.165) is 34.0 Å². The van der Waals surface area contributed by atoms with Gasteiger partial charge in [0.25, 0.3) is 0 Å². The van der Waals surface area contributed by atoms with Gasteiger partial charge in [-0.1, -0.05) is 6.92 Å². The van der Waals surface area contributed by atoms with E-state index in [9.17, 15) is 0 Å². The molecule has 3 unspecified atom stereocenters. The highest BCUT2D eigenvalue weighted by molar-refractivity contribution is 6.58. The van der Waals surface area contributed by atoms with Crippen molar-refractivity contribution >= 4 is 39.1 Å². The zero-order valence-corrected chi connectivity index (χ0v) is 18.6. The highest BCUT2D eigenvalue weighted by Gasteiger charge is 2.60. The highest BCUT2D eigenvalue weighted by atomic mass is 28.3. The van der Waals surface area contributed by atoms with E-state index in [0.29, 0.717) is 0 Å². The van der Waals surface area contributed by atoms with Gasteiger partial charge in [0, 0.05) is 6.61 Å². The Kier molecular flexibility index (Phi) is 9.11. The van der Waals surface area contributed by atoms with Gasteiger partial charge in [0.15, 0.2) is 9.04 Å². The largest absolute Gasteiger partial charge is 0.466 e. The summed E-state index contributed by atoms with van der Waals surface area (Å²) in [7, 11) is -0.109. The van der Waals surface area contributed by atoms with Crippen LogP contribution < -0.4 is 0 Å². The van der Waals surface area contributed by atoms with Crippen molar-refractivity contribution in [3.05, 3.63) is 0 Å². The first-order valence-electron chi connectivity index (χ1n) is 6.31. The first kappa shape index (κ1) is 17.7. The second-order valence-electron chi connectivity index (χ2n) is 4.49. The molecule has 0 aromatic carbocycles. The lowest BCUT2D eigenvalue weighted by Gasteiger charge is -2.18. The number of epoxide rings is 1. The monoisotopic (exact) mass is 312 g/mol. The van der Waals surface area contributed by atoms with Crippen molar-refractivity contribution in [2.24, 2.45) is 0 Å². The highest BCUT2D eigenvalue weighted by Crippen LogP contribution is 2.39. The minimum Gasteiger partial charge on any atom is -0.466 e. The van der Waals surface area contributed by atoms with E-state index in [1.807, 2.05) is 0 Å². The Morgan fingerprint density at radius 2 is 1.71 bits per heavy atom. The van der Waals surface area contributed by atoms with Gasteiger partial charge in [0.05, 0.1) is 0 Å². The fraction of sp³-hybridized carbons (Fsp3) is 1.00. The van der Waals surface area contributed by atoms with Gasteiger partial charge in [-0.15, -0.1) is 0 Å². The third-order valence-corrected chi connectivity index (χ3v) is 11.3. The van der Waals surface area contributed by atoms with E-state index in [1.54, 1.807) is 0 Å². The number of rotatable bonds is 6. The van der Waals surface area contributed by atoms with Crippen molar-refractivity contribution in [1.29, 1.82) is 0 Å². The van der Waals surface area contributed by atoms with Crippen LogP contribution in [0, 0.1) is 0 Å². The van der Waals surface area contributed by atoms with Crippen molar-refractivity contribution < 1.29 is 17.7 Å². The van der Waals surface area contributed by atoms with E-state index in [4.69, 9.17) is 17.7 Å². The molecule has 0 aromatic heterocycles. The van der Waals surface area contributed by atoms with E-state index in [1.165, 1.54) is 0 Å². The van der Waals surface area contributed by atoms with Crippen LogP contribution in [-0.4, -0.2) is 57.2 Å². The second-order valence-corrected chi connectivity index (χ2v) is 12.5. The molecule has 0 spiro atoms. The summed E-state index contributed by atoms with van der Waals surface area (Å²) in [6, 6.07) is 0. The summed E-state index contributed by atoms with van der Waals surface area (Å²) in [5, 5.41) is 0. The average Bonchev–Trinajstić information content (AvgIpc) is 2.98. The quantitative estimate of drug-likeness (QED) is 0.465. The van der Waals surface area contributed by atoms with Gasteiger partial charge in [0.2, 0.25) is 14.5 Å². The van der Waals surface area contributed by atoms with Crippen LogP contribution >= 0.6 is 0 Å². The molecule has 1 fully saturated rings. The molecule has 3 atom stereocenters. The van der Waals surface area contributed by atoms with Gasteiger partial charge in [0.1, 0.15) is 27.1 Å². The van der Waals surface area contributed by atoms with Crippen molar-refractivity contribution in [1.82, 2.24) is 0 Å². The average molecular weight is 313 g/mol. The predicted octanol–water partition coefficient (Wildman–Crippen LogP) is -1.02. The summed E-state index contributed by atoms with van der Waals surface area (Å²) >= 11 is 0. The van der Waals surface area contributed by atoms with Gasteiger partial charge in [-0.2, -0.15) is 0 Å². The molecule has 1 rings (SSSR count). The van der Waals surface area contributed by atoms with Crippen molar-refractivity contribution in [3.8, 4) is 0 Å². The smallest absolute Gasteiger partial charge is 0.231 e. The lowest BCUT2D eigenvalue weighted by molar-refractivity contribution is 0.00562.